The van der Waals surface area contributed by atoms with Gasteiger partial charge in [0.25, 0.3) is 0 Å². The molecule has 0 aliphatic rings. The third-order valence-corrected chi connectivity index (χ3v) is 3.13. The summed E-state index contributed by atoms with van der Waals surface area (Å²) >= 11 is 3.25. The van der Waals surface area contributed by atoms with Crippen molar-refractivity contribution in [3.8, 4) is 0 Å². The van der Waals surface area contributed by atoms with Crippen LogP contribution in [-0.4, -0.2) is 16.9 Å². The van der Waals surface area contributed by atoms with E-state index in [4.69, 9.17) is 5.11 Å². The standard InChI is InChI=1S/C11H11BrO3/c1-7(13)11(12)9-4-2-3-8(5-9)6-10(14)15/h2-5,11H,6H2,1H3,(H,14,15). The number of halogens is 1. The third kappa shape index (κ3) is 3.47. The Morgan fingerprint density at radius 1 is 1.47 bits per heavy atom. The van der Waals surface area contributed by atoms with Crippen LogP contribution in [0.5, 0.6) is 0 Å². The maximum absolute atomic E-state index is 11.1. The molecule has 0 radical (unpaired) electrons. The van der Waals surface area contributed by atoms with Gasteiger partial charge in [-0.2, -0.15) is 0 Å². The monoisotopic (exact) mass is 270 g/mol. The molecule has 1 rings (SSSR count). The summed E-state index contributed by atoms with van der Waals surface area (Å²) in [6, 6.07) is 7.02. The van der Waals surface area contributed by atoms with Crippen molar-refractivity contribution in [2.45, 2.75) is 18.2 Å². The molecule has 0 bridgehead atoms. The van der Waals surface area contributed by atoms with Crippen LogP contribution in [0.25, 0.3) is 0 Å². The zero-order valence-electron chi connectivity index (χ0n) is 8.24. The van der Waals surface area contributed by atoms with Crippen LogP contribution in [0.3, 0.4) is 0 Å². The highest BCUT2D eigenvalue weighted by molar-refractivity contribution is 9.09. The molecule has 0 saturated carbocycles. The van der Waals surface area contributed by atoms with Gasteiger partial charge >= 0.3 is 5.97 Å². The molecule has 1 aromatic carbocycles. The number of carbonyl (C=O) groups excluding carboxylic acids is 1. The van der Waals surface area contributed by atoms with Gasteiger partial charge in [-0.1, -0.05) is 40.2 Å². The van der Waals surface area contributed by atoms with Crippen molar-refractivity contribution in [2.24, 2.45) is 0 Å². The van der Waals surface area contributed by atoms with E-state index in [1.54, 1.807) is 24.3 Å². The van der Waals surface area contributed by atoms with Crippen LogP contribution in [0.2, 0.25) is 0 Å². The minimum absolute atomic E-state index is 0.00229. The smallest absolute Gasteiger partial charge is 0.307 e. The Labute approximate surface area is 96.2 Å². The van der Waals surface area contributed by atoms with E-state index in [2.05, 4.69) is 15.9 Å². The highest BCUT2D eigenvalue weighted by atomic mass is 79.9. The molecule has 3 nitrogen and oxygen atoms in total. The summed E-state index contributed by atoms with van der Waals surface area (Å²) in [5.74, 6) is -0.872. The number of aliphatic carboxylic acids is 1. The molecule has 0 amide bonds. The van der Waals surface area contributed by atoms with Crippen LogP contribution in [-0.2, 0) is 16.0 Å². The van der Waals surface area contributed by atoms with E-state index in [9.17, 15) is 9.59 Å². The minimum Gasteiger partial charge on any atom is -0.481 e. The molecule has 0 spiro atoms. The van der Waals surface area contributed by atoms with Crippen molar-refractivity contribution in [2.75, 3.05) is 0 Å². The van der Waals surface area contributed by atoms with Crippen LogP contribution in [0.1, 0.15) is 22.9 Å². The number of carbonyl (C=O) groups is 2. The Morgan fingerprint density at radius 2 is 2.13 bits per heavy atom. The summed E-state index contributed by atoms with van der Waals surface area (Å²) < 4.78 is 0. The normalized spacial score (nSPS) is 12.1. The van der Waals surface area contributed by atoms with Gasteiger partial charge in [0, 0.05) is 0 Å². The van der Waals surface area contributed by atoms with E-state index in [-0.39, 0.29) is 17.0 Å². The van der Waals surface area contributed by atoms with Crippen molar-refractivity contribution in [1.29, 1.82) is 0 Å². The lowest BCUT2D eigenvalue weighted by molar-refractivity contribution is -0.136. The molecule has 80 valence electrons. The molecule has 0 saturated heterocycles. The minimum atomic E-state index is -0.874. The van der Waals surface area contributed by atoms with Crippen LogP contribution >= 0.6 is 15.9 Å². The lowest BCUT2D eigenvalue weighted by Gasteiger charge is -2.07. The maximum Gasteiger partial charge on any atom is 0.307 e. The van der Waals surface area contributed by atoms with E-state index in [0.717, 1.165) is 5.56 Å². The van der Waals surface area contributed by atoms with Gasteiger partial charge in [-0.3, -0.25) is 9.59 Å². The Bertz CT molecular complexity index is 387. The average molecular weight is 271 g/mol. The van der Waals surface area contributed by atoms with Crippen LogP contribution in [0.15, 0.2) is 24.3 Å². The first-order valence-electron chi connectivity index (χ1n) is 4.46. The van der Waals surface area contributed by atoms with Crippen molar-refractivity contribution >= 4 is 27.7 Å². The van der Waals surface area contributed by atoms with Gasteiger partial charge in [0.1, 0.15) is 5.78 Å². The number of Topliss-reactive ketones (excluding diaryl/α,β-unsaturated/α-hetero) is 1. The van der Waals surface area contributed by atoms with Crippen molar-refractivity contribution in [1.82, 2.24) is 0 Å². The molecule has 0 aromatic heterocycles. The van der Waals surface area contributed by atoms with Crippen LogP contribution in [0.4, 0.5) is 0 Å². The molecule has 1 atom stereocenters. The third-order valence-electron chi connectivity index (χ3n) is 1.96. The molecule has 1 aromatic rings. The predicted octanol–water partition coefficient (Wildman–Crippen LogP) is 2.34. The van der Waals surface area contributed by atoms with Crippen molar-refractivity contribution in [3.05, 3.63) is 35.4 Å². The fraction of sp³-hybridized carbons (Fsp3) is 0.273. The van der Waals surface area contributed by atoms with E-state index in [1.807, 2.05) is 0 Å². The molecule has 4 heteroatoms. The summed E-state index contributed by atoms with van der Waals surface area (Å²) in [6.45, 7) is 1.49. The Morgan fingerprint density at radius 3 is 2.67 bits per heavy atom. The summed E-state index contributed by atoms with van der Waals surface area (Å²) in [5, 5.41) is 8.63. The van der Waals surface area contributed by atoms with Gasteiger partial charge in [-0.25, -0.2) is 0 Å². The SMILES string of the molecule is CC(=O)C(Br)c1cccc(CC(=O)O)c1. The first kappa shape index (κ1) is 11.9. The van der Waals surface area contributed by atoms with Crippen LogP contribution in [0, 0.1) is 0 Å². The van der Waals surface area contributed by atoms with Crippen molar-refractivity contribution in [3.63, 3.8) is 0 Å². The van der Waals surface area contributed by atoms with Gasteiger partial charge in [-0.05, 0) is 18.1 Å². The molecule has 15 heavy (non-hydrogen) atoms. The average Bonchev–Trinajstić information content (AvgIpc) is 2.16. The van der Waals surface area contributed by atoms with E-state index in [1.165, 1.54) is 6.92 Å². The van der Waals surface area contributed by atoms with Crippen molar-refractivity contribution < 1.29 is 14.7 Å². The number of alkyl halides is 1. The fourth-order valence-electron chi connectivity index (χ4n) is 1.27. The summed E-state index contributed by atoms with van der Waals surface area (Å²) in [6.07, 6.45) is -0.0224. The first-order chi connectivity index (χ1) is 7.00. The lowest BCUT2D eigenvalue weighted by atomic mass is 10.0. The molecular formula is C11H11BrO3. The van der Waals surface area contributed by atoms with Gasteiger partial charge in [0.2, 0.25) is 0 Å². The number of rotatable bonds is 4. The highest BCUT2D eigenvalue weighted by Gasteiger charge is 2.13. The maximum atomic E-state index is 11.1. The van der Waals surface area contributed by atoms with E-state index < -0.39 is 5.97 Å². The zero-order chi connectivity index (χ0) is 11.4. The number of hydrogen-bond acceptors (Lipinski definition) is 2. The number of hydrogen-bond donors (Lipinski definition) is 1. The molecule has 0 aliphatic carbocycles. The Balaban J connectivity index is 2.92. The lowest BCUT2D eigenvalue weighted by Crippen LogP contribution is -2.04. The number of carboxylic acids is 1. The molecule has 0 aliphatic heterocycles. The van der Waals surface area contributed by atoms with E-state index in [0.29, 0.717) is 5.56 Å². The molecule has 0 heterocycles. The summed E-state index contributed by atoms with van der Waals surface area (Å²) in [5.41, 5.74) is 1.49. The summed E-state index contributed by atoms with van der Waals surface area (Å²) in [7, 11) is 0. The second kappa shape index (κ2) is 5.07. The molecular weight excluding hydrogens is 260 g/mol. The van der Waals surface area contributed by atoms with Gasteiger partial charge < -0.3 is 5.11 Å². The summed E-state index contributed by atoms with van der Waals surface area (Å²) in [4.78, 5) is 21.3. The number of ketones is 1. The molecule has 1 N–H and O–H groups in total. The Hall–Kier alpha value is -1.16. The van der Waals surface area contributed by atoms with Gasteiger partial charge in [-0.15, -0.1) is 0 Å². The largest absolute Gasteiger partial charge is 0.481 e. The number of carboxylic acid groups (broad SMARTS) is 1. The quantitative estimate of drug-likeness (QED) is 0.855. The highest BCUT2D eigenvalue weighted by Crippen LogP contribution is 2.24. The molecule has 0 fully saturated rings. The fourth-order valence-corrected chi connectivity index (χ4v) is 1.55. The first-order valence-corrected chi connectivity index (χ1v) is 5.37. The predicted molar refractivity (Wildman–Crippen MR) is 60.1 cm³/mol. The Kier molecular flexibility index (Phi) is 4.03. The topological polar surface area (TPSA) is 54.4 Å². The van der Waals surface area contributed by atoms with E-state index >= 15 is 0 Å². The van der Waals surface area contributed by atoms with Gasteiger partial charge in [0.05, 0.1) is 11.2 Å². The van der Waals surface area contributed by atoms with Gasteiger partial charge in [0.15, 0.2) is 0 Å². The number of benzene rings is 1. The second-order valence-electron chi connectivity index (χ2n) is 3.29. The molecule has 1 unspecified atom stereocenters. The zero-order valence-corrected chi connectivity index (χ0v) is 9.82. The second-order valence-corrected chi connectivity index (χ2v) is 4.20. The van der Waals surface area contributed by atoms with Crippen LogP contribution < -0.4 is 0 Å².